The minimum Gasteiger partial charge on any atom is -0.465 e. The average molecular weight is 553 g/mol. The predicted molar refractivity (Wildman–Crippen MR) is 132 cm³/mol. The predicted octanol–water partition coefficient (Wildman–Crippen LogP) is 4.34. The minimum atomic E-state index is -4.62. The Hall–Kier alpha value is -3.80. The standard InChI is InChI=1S/C25H24ClF3N4O5/c1-3-38-22(35)17-13-32(16-7-8-20(19(26)11-16)31-10-9-30-23(31)36)24(37)33(21(17)34)12-15-5-4-6-18(14(15)2)25(27,28)29/h4-8,11,17H,3,9-10,12-13H2,1-2H3,(H,30,36). The Kier molecular flexibility index (Phi) is 7.54. The highest BCUT2D eigenvalue weighted by molar-refractivity contribution is 6.34. The summed E-state index contributed by atoms with van der Waals surface area (Å²) in [5.41, 5.74) is -0.291. The van der Waals surface area contributed by atoms with Crippen LogP contribution in [0.25, 0.3) is 0 Å². The van der Waals surface area contributed by atoms with Gasteiger partial charge < -0.3 is 10.1 Å². The lowest BCUT2D eigenvalue weighted by Gasteiger charge is -2.38. The molecule has 5 amide bonds. The maximum Gasteiger partial charge on any atom is 0.416 e. The zero-order valence-electron chi connectivity index (χ0n) is 20.5. The van der Waals surface area contributed by atoms with Crippen LogP contribution >= 0.6 is 11.6 Å². The average Bonchev–Trinajstić information content (AvgIpc) is 3.27. The van der Waals surface area contributed by atoms with Gasteiger partial charge in [0, 0.05) is 18.8 Å². The number of rotatable bonds is 6. The highest BCUT2D eigenvalue weighted by atomic mass is 35.5. The Morgan fingerprint density at radius 3 is 2.50 bits per heavy atom. The molecule has 1 atom stereocenters. The third-order valence-corrected chi connectivity index (χ3v) is 6.74. The van der Waals surface area contributed by atoms with Crippen molar-refractivity contribution < 1.29 is 37.1 Å². The zero-order valence-corrected chi connectivity index (χ0v) is 21.2. The fourth-order valence-corrected chi connectivity index (χ4v) is 4.74. The maximum atomic E-state index is 13.5. The summed E-state index contributed by atoms with van der Waals surface area (Å²) in [5.74, 6) is -3.14. The highest BCUT2D eigenvalue weighted by Crippen LogP contribution is 2.36. The van der Waals surface area contributed by atoms with Crippen molar-refractivity contribution in [1.29, 1.82) is 0 Å². The topological polar surface area (TPSA) is 99.3 Å². The summed E-state index contributed by atoms with van der Waals surface area (Å²) in [6.07, 6.45) is -4.62. The van der Waals surface area contributed by atoms with Crippen LogP contribution in [0.2, 0.25) is 5.02 Å². The Morgan fingerprint density at radius 2 is 1.89 bits per heavy atom. The second kappa shape index (κ2) is 10.5. The molecule has 0 bridgehead atoms. The van der Waals surface area contributed by atoms with E-state index in [0.717, 1.165) is 15.9 Å². The molecule has 38 heavy (non-hydrogen) atoms. The smallest absolute Gasteiger partial charge is 0.416 e. The molecule has 0 radical (unpaired) electrons. The van der Waals surface area contributed by atoms with E-state index in [9.17, 15) is 32.3 Å². The van der Waals surface area contributed by atoms with Crippen LogP contribution in [-0.4, -0.2) is 55.1 Å². The van der Waals surface area contributed by atoms with Crippen molar-refractivity contribution in [3.8, 4) is 0 Å². The normalized spacial score (nSPS) is 18.2. The van der Waals surface area contributed by atoms with E-state index in [2.05, 4.69) is 5.32 Å². The van der Waals surface area contributed by atoms with Gasteiger partial charge in [0.05, 0.1) is 36.0 Å². The molecule has 2 aromatic rings. The van der Waals surface area contributed by atoms with E-state index < -0.39 is 42.1 Å². The van der Waals surface area contributed by atoms with Gasteiger partial charge in [-0.2, -0.15) is 13.2 Å². The Bertz CT molecular complexity index is 1300. The molecule has 4 rings (SSSR count). The number of ether oxygens (including phenoxy) is 1. The molecule has 2 aliphatic heterocycles. The SMILES string of the molecule is CCOC(=O)C1CN(c2ccc(N3CCNC3=O)c(Cl)c2)C(=O)N(Cc2cccc(C(F)(F)F)c2C)C1=O. The molecular weight excluding hydrogens is 529 g/mol. The first-order valence-electron chi connectivity index (χ1n) is 11.7. The summed E-state index contributed by atoms with van der Waals surface area (Å²) in [6, 6.07) is 6.79. The van der Waals surface area contributed by atoms with Gasteiger partial charge in [-0.1, -0.05) is 23.7 Å². The van der Waals surface area contributed by atoms with Gasteiger partial charge in [-0.25, -0.2) is 9.59 Å². The molecule has 13 heteroatoms. The van der Waals surface area contributed by atoms with E-state index in [1.807, 2.05) is 0 Å². The largest absolute Gasteiger partial charge is 0.465 e. The number of nitrogens with one attached hydrogen (secondary N) is 1. The number of imide groups is 1. The number of halogens is 4. The molecule has 2 aromatic carbocycles. The number of urea groups is 2. The lowest BCUT2D eigenvalue weighted by atomic mass is 9.99. The van der Waals surface area contributed by atoms with E-state index in [-0.39, 0.29) is 41.0 Å². The lowest BCUT2D eigenvalue weighted by Crippen LogP contribution is -2.58. The summed E-state index contributed by atoms with van der Waals surface area (Å²) in [5, 5.41) is 2.81. The van der Waals surface area contributed by atoms with Crippen molar-refractivity contribution in [2.45, 2.75) is 26.6 Å². The molecule has 1 unspecified atom stereocenters. The molecular formula is C25H24ClF3N4O5. The number of benzene rings is 2. The van der Waals surface area contributed by atoms with Crippen molar-refractivity contribution >= 4 is 46.9 Å². The summed E-state index contributed by atoms with van der Waals surface area (Å²) in [4.78, 5) is 54.7. The third-order valence-electron chi connectivity index (χ3n) is 6.43. The van der Waals surface area contributed by atoms with Crippen LogP contribution in [0.5, 0.6) is 0 Å². The summed E-state index contributed by atoms with van der Waals surface area (Å²) in [6.45, 7) is 2.80. The van der Waals surface area contributed by atoms with Gasteiger partial charge in [0.25, 0.3) is 0 Å². The third kappa shape index (κ3) is 5.13. The number of hydrogen-bond acceptors (Lipinski definition) is 5. The first-order chi connectivity index (χ1) is 17.9. The number of esters is 1. The molecule has 202 valence electrons. The Labute approximate surface area is 221 Å². The van der Waals surface area contributed by atoms with Gasteiger partial charge in [-0.15, -0.1) is 0 Å². The van der Waals surface area contributed by atoms with Crippen LogP contribution in [0.3, 0.4) is 0 Å². The zero-order chi connectivity index (χ0) is 27.8. The molecule has 0 saturated carbocycles. The van der Waals surface area contributed by atoms with Gasteiger partial charge in [-0.05, 0) is 49.2 Å². The summed E-state index contributed by atoms with van der Waals surface area (Å²) >= 11 is 6.43. The van der Waals surface area contributed by atoms with E-state index >= 15 is 0 Å². The van der Waals surface area contributed by atoms with Crippen molar-refractivity contribution in [2.24, 2.45) is 5.92 Å². The summed E-state index contributed by atoms with van der Waals surface area (Å²) in [7, 11) is 0. The van der Waals surface area contributed by atoms with Crippen molar-refractivity contribution in [1.82, 2.24) is 10.2 Å². The van der Waals surface area contributed by atoms with Crippen LogP contribution in [0, 0.1) is 12.8 Å². The van der Waals surface area contributed by atoms with Crippen molar-refractivity contribution in [3.05, 3.63) is 58.1 Å². The number of carbonyl (C=O) groups excluding carboxylic acids is 4. The molecule has 9 nitrogen and oxygen atoms in total. The molecule has 0 spiro atoms. The fourth-order valence-electron chi connectivity index (χ4n) is 4.46. The van der Waals surface area contributed by atoms with E-state index in [1.54, 1.807) is 6.92 Å². The molecule has 2 heterocycles. The highest BCUT2D eigenvalue weighted by Gasteiger charge is 2.45. The van der Waals surface area contributed by atoms with Gasteiger partial charge in [0.2, 0.25) is 5.91 Å². The van der Waals surface area contributed by atoms with E-state index in [1.165, 1.54) is 42.2 Å². The molecule has 2 saturated heterocycles. The monoisotopic (exact) mass is 552 g/mol. The van der Waals surface area contributed by atoms with Crippen LogP contribution in [0.15, 0.2) is 36.4 Å². The summed E-state index contributed by atoms with van der Waals surface area (Å²) < 4.78 is 45.4. The number of carbonyl (C=O) groups is 4. The second-order valence-electron chi connectivity index (χ2n) is 8.73. The van der Waals surface area contributed by atoms with Gasteiger partial charge in [0.15, 0.2) is 5.92 Å². The molecule has 2 fully saturated rings. The van der Waals surface area contributed by atoms with Gasteiger partial charge >= 0.3 is 24.2 Å². The Morgan fingerprint density at radius 1 is 1.16 bits per heavy atom. The van der Waals surface area contributed by atoms with Crippen LogP contribution < -0.4 is 15.1 Å². The van der Waals surface area contributed by atoms with E-state index in [0.29, 0.717) is 18.8 Å². The number of nitrogens with zero attached hydrogens (tertiary/aromatic N) is 3. The number of anilines is 2. The fraction of sp³-hybridized carbons (Fsp3) is 0.360. The molecule has 1 N–H and O–H groups in total. The number of amides is 5. The minimum absolute atomic E-state index is 0.0122. The van der Waals surface area contributed by atoms with Gasteiger partial charge in [-0.3, -0.25) is 24.3 Å². The van der Waals surface area contributed by atoms with Crippen LogP contribution in [0.1, 0.15) is 23.6 Å². The number of alkyl halides is 3. The van der Waals surface area contributed by atoms with Crippen LogP contribution in [-0.2, 0) is 27.0 Å². The molecule has 0 aliphatic carbocycles. The van der Waals surface area contributed by atoms with Crippen LogP contribution in [0.4, 0.5) is 34.1 Å². The van der Waals surface area contributed by atoms with Gasteiger partial charge in [0.1, 0.15) is 0 Å². The first-order valence-corrected chi connectivity index (χ1v) is 12.1. The second-order valence-corrected chi connectivity index (χ2v) is 9.14. The maximum absolute atomic E-state index is 13.5. The Balaban J connectivity index is 1.70. The van der Waals surface area contributed by atoms with Crippen molar-refractivity contribution in [3.63, 3.8) is 0 Å². The van der Waals surface area contributed by atoms with E-state index in [4.69, 9.17) is 16.3 Å². The van der Waals surface area contributed by atoms with Crippen molar-refractivity contribution in [2.75, 3.05) is 36.0 Å². The lowest BCUT2D eigenvalue weighted by molar-refractivity contribution is -0.154. The molecule has 0 aromatic heterocycles. The first kappa shape index (κ1) is 27.2. The molecule has 2 aliphatic rings. The number of hydrogen-bond donors (Lipinski definition) is 1. The quantitative estimate of drug-likeness (QED) is 0.424.